The van der Waals surface area contributed by atoms with Crippen LogP contribution in [0.1, 0.15) is 31.4 Å². The first-order valence-corrected chi connectivity index (χ1v) is 14.0. The van der Waals surface area contributed by atoms with Crippen molar-refractivity contribution in [1.29, 1.82) is 0 Å². The molecule has 1 atom stereocenters. The number of anilines is 1. The summed E-state index contributed by atoms with van der Waals surface area (Å²) in [4.78, 5) is 22.3. The van der Waals surface area contributed by atoms with E-state index in [4.69, 9.17) is 0 Å². The number of nitrogens with zero attached hydrogens (tertiary/aromatic N) is 3. The molecule has 0 spiro atoms. The van der Waals surface area contributed by atoms with E-state index in [0.29, 0.717) is 30.5 Å². The highest BCUT2D eigenvalue weighted by Crippen LogP contribution is 2.28. The van der Waals surface area contributed by atoms with E-state index in [-0.39, 0.29) is 18.0 Å². The molecule has 36 heavy (non-hydrogen) atoms. The van der Waals surface area contributed by atoms with Crippen LogP contribution < -0.4 is 10.6 Å². The van der Waals surface area contributed by atoms with Gasteiger partial charge in [-0.2, -0.15) is 4.31 Å². The van der Waals surface area contributed by atoms with E-state index in [9.17, 15) is 17.6 Å². The van der Waals surface area contributed by atoms with Crippen molar-refractivity contribution in [3.8, 4) is 11.3 Å². The second-order valence-electron chi connectivity index (χ2n) is 8.94. The van der Waals surface area contributed by atoms with Crippen molar-refractivity contribution in [2.24, 2.45) is 0 Å². The van der Waals surface area contributed by atoms with Crippen LogP contribution in [0.15, 0.2) is 64.0 Å². The molecule has 5 rings (SSSR count). The Balaban J connectivity index is 1.32. The first-order chi connectivity index (χ1) is 17.3. The fourth-order valence-electron chi connectivity index (χ4n) is 4.16. The van der Waals surface area contributed by atoms with Gasteiger partial charge in [-0.05, 0) is 68.1 Å². The van der Waals surface area contributed by atoms with Gasteiger partial charge in [0.05, 0.1) is 22.8 Å². The molecule has 1 unspecified atom stereocenters. The topological polar surface area (TPSA) is 104 Å². The average Bonchev–Trinajstić information content (AvgIpc) is 3.53. The predicted molar refractivity (Wildman–Crippen MR) is 137 cm³/mol. The first kappa shape index (κ1) is 24.8. The fourth-order valence-corrected chi connectivity index (χ4v) is 6.08. The van der Waals surface area contributed by atoms with Crippen LogP contribution in [0.4, 0.5) is 10.3 Å². The van der Waals surface area contributed by atoms with Crippen molar-refractivity contribution in [1.82, 2.24) is 19.6 Å². The molecular formula is C25H25BrFN5O3S. The Morgan fingerprint density at radius 2 is 1.78 bits per heavy atom. The Bertz CT molecular complexity index is 1370. The highest BCUT2D eigenvalue weighted by molar-refractivity contribution is 9.10. The van der Waals surface area contributed by atoms with E-state index in [1.165, 1.54) is 16.4 Å². The number of benzene rings is 2. The van der Waals surface area contributed by atoms with E-state index in [1.807, 2.05) is 30.3 Å². The van der Waals surface area contributed by atoms with E-state index >= 15 is 0 Å². The quantitative estimate of drug-likeness (QED) is 0.420. The second-order valence-corrected chi connectivity index (χ2v) is 11.7. The monoisotopic (exact) mass is 573 g/mol. The second kappa shape index (κ2) is 10.2. The Labute approximate surface area is 217 Å². The van der Waals surface area contributed by atoms with Gasteiger partial charge in [0.2, 0.25) is 21.9 Å². The molecule has 2 fully saturated rings. The summed E-state index contributed by atoms with van der Waals surface area (Å²) >= 11 is 3.44. The Morgan fingerprint density at radius 3 is 2.47 bits per heavy atom. The third-order valence-corrected chi connectivity index (χ3v) is 8.65. The Hall–Kier alpha value is -2.89. The number of carbonyl (C=O) groups excluding carboxylic acids is 1. The summed E-state index contributed by atoms with van der Waals surface area (Å²) in [7, 11) is -3.93. The number of nitrogens with one attached hydrogen (secondary N) is 2. The molecule has 1 saturated carbocycles. The number of hydrogen-bond acceptors (Lipinski definition) is 6. The molecule has 0 radical (unpaired) electrons. The molecule has 1 aromatic heterocycles. The van der Waals surface area contributed by atoms with Crippen LogP contribution in [0, 0.1) is 5.82 Å². The molecule has 1 aliphatic carbocycles. The number of carbonyl (C=O) groups is 1. The zero-order valence-electron chi connectivity index (χ0n) is 19.3. The van der Waals surface area contributed by atoms with Crippen molar-refractivity contribution in [3.63, 3.8) is 0 Å². The summed E-state index contributed by atoms with van der Waals surface area (Å²) in [5.74, 6) is -0.408. The minimum absolute atomic E-state index is 0.0330. The predicted octanol–water partition coefficient (Wildman–Crippen LogP) is 4.09. The zero-order chi connectivity index (χ0) is 25.3. The Morgan fingerprint density at radius 1 is 1.06 bits per heavy atom. The van der Waals surface area contributed by atoms with Gasteiger partial charge in [-0.15, -0.1) is 0 Å². The molecule has 3 aromatic rings. The SMILES string of the molecule is O=C(NCc1cc(-c2ccc(Br)cc2)nc(NC2CC2)n1)C1CCCN1S(=O)(=O)c1ccc(F)cc1. The van der Waals surface area contributed by atoms with Crippen molar-refractivity contribution in [2.45, 2.75) is 49.2 Å². The van der Waals surface area contributed by atoms with Crippen LogP contribution in [-0.4, -0.2) is 47.2 Å². The minimum Gasteiger partial charge on any atom is -0.351 e. The molecule has 2 aliphatic rings. The van der Waals surface area contributed by atoms with Crippen molar-refractivity contribution < 1.29 is 17.6 Å². The standard InChI is InChI=1S/C25H25BrFN5O3S/c26-17-5-3-16(4-6-17)22-14-20(30-25(31-22)29-19-9-10-19)15-28-24(33)23-2-1-13-32(23)36(34,35)21-11-7-18(27)8-12-21/h3-8,11-12,14,19,23H,1-2,9-10,13,15H2,(H,28,33)(H,29,30,31). The van der Waals surface area contributed by atoms with Gasteiger partial charge in [-0.3, -0.25) is 4.79 Å². The Kier molecular flexibility index (Phi) is 7.05. The number of rotatable bonds is 8. The van der Waals surface area contributed by atoms with E-state index in [0.717, 1.165) is 40.7 Å². The molecule has 1 saturated heterocycles. The lowest BCUT2D eigenvalue weighted by Gasteiger charge is -2.23. The largest absolute Gasteiger partial charge is 0.351 e. The molecule has 2 aromatic carbocycles. The highest BCUT2D eigenvalue weighted by atomic mass is 79.9. The van der Waals surface area contributed by atoms with Gasteiger partial charge in [-0.1, -0.05) is 28.1 Å². The van der Waals surface area contributed by atoms with Crippen molar-refractivity contribution in [3.05, 3.63) is 70.6 Å². The van der Waals surface area contributed by atoms with Gasteiger partial charge in [-0.25, -0.2) is 22.8 Å². The number of amides is 1. The number of halogens is 2. The van der Waals surface area contributed by atoms with E-state index < -0.39 is 27.8 Å². The summed E-state index contributed by atoms with van der Waals surface area (Å²) in [5, 5.41) is 6.17. The summed E-state index contributed by atoms with van der Waals surface area (Å²) in [5.41, 5.74) is 2.26. The van der Waals surface area contributed by atoms with Crippen LogP contribution >= 0.6 is 15.9 Å². The van der Waals surface area contributed by atoms with Crippen LogP contribution in [0.3, 0.4) is 0 Å². The minimum atomic E-state index is -3.93. The average molecular weight is 574 g/mol. The third kappa shape index (κ3) is 5.58. The lowest BCUT2D eigenvalue weighted by molar-refractivity contribution is -0.124. The lowest BCUT2D eigenvalue weighted by atomic mass is 10.1. The number of hydrogen-bond donors (Lipinski definition) is 2. The molecule has 11 heteroatoms. The maximum absolute atomic E-state index is 13.3. The van der Waals surface area contributed by atoms with Gasteiger partial charge < -0.3 is 10.6 Å². The highest BCUT2D eigenvalue weighted by Gasteiger charge is 2.39. The van der Waals surface area contributed by atoms with Crippen molar-refractivity contribution >= 4 is 37.8 Å². The molecule has 8 nitrogen and oxygen atoms in total. The molecular weight excluding hydrogens is 549 g/mol. The van der Waals surface area contributed by atoms with Gasteiger partial charge in [0.15, 0.2) is 0 Å². The molecule has 1 aliphatic heterocycles. The van der Waals surface area contributed by atoms with Crippen LogP contribution in [0.5, 0.6) is 0 Å². The fraction of sp³-hybridized carbons (Fsp3) is 0.320. The summed E-state index contributed by atoms with van der Waals surface area (Å²) in [6.07, 6.45) is 3.11. The number of sulfonamides is 1. The van der Waals surface area contributed by atoms with Gasteiger partial charge >= 0.3 is 0 Å². The van der Waals surface area contributed by atoms with Crippen LogP contribution in [-0.2, 0) is 21.4 Å². The zero-order valence-corrected chi connectivity index (χ0v) is 21.7. The van der Waals surface area contributed by atoms with E-state index in [2.05, 4.69) is 36.5 Å². The smallest absolute Gasteiger partial charge is 0.243 e. The maximum atomic E-state index is 13.3. The van der Waals surface area contributed by atoms with Crippen LogP contribution in [0.2, 0.25) is 0 Å². The number of aromatic nitrogens is 2. The third-order valence-electron chi connectivity index (χ3n) is 6.20. The lowest BCUT2D eigenvalue weighted by Crippen LogP contribution is -2.45. The normalized spacial score (nSPS) is 18.2. The summed E-state index contributed by atoms with van der Waals surface area (Å²) in [6, 6.07) is 13.8. The first-order valence-electron chi connectivity index (χ1n) is 11.8. The van der Waals surface area contributed by atoms with Crippen LogP contribution in [0.25, 0.3) is 11.3 Å². The van der Waals surface area contributed by atoms with Crippen molar-refractivity contribution in [2.75, 3.05) is 11.9 Å². The van der Waals surface area contributed by atoms with Gasteiger partial charge in [0.25, 0.3) is 0 Å². The molecule has 0 bridgehead atoms. The molecule has 2 N–H and O–H groups in total. The molecule has 1 amide bonds. The van der Waals surface area contributed by atoms with Gasteiger partial charge in [0, 0.05) is 22.6 Å². The van der Waals surface area contributed by atoms with E-state index in [1.54, 1.807) is 0 Å². The maximum Gasteiger partial charge on any atom is 0.243 e. The van der Waals surface area contributed by atoms with Gasteiger partial charge in [0.1, 0.15) is 11.9 Å². The summed E-state index contributed by atoms with van der Waals surface area (Å²) < 4.78 is 41.7. The molecule has 2 heterocycles. The summed E-state index contributed by atoms with van der Waals surface area (Å²) in [6.45, 7) is 0.361. The molecule has 188 valence electrons.